The van der Waals surface area contributed by atoms with Gasteiger partial charge in [-0.05, 0) is 35.6 Å². The summed E-state index contributed by atoms with van der Waals surface area (Å²) in [5.41, 5.74) is 3.91. The molecule has 0 radical (unpaired) electrons. The number of nitrogens with zero attached hydrogens (tertiary/aromatic N) is 2. The van der Waals surface area contributed by atoms with Gasteiger partial charge in [-0.15, -0.1) is 0 Å². The highest BCUT2D eigenvalue weighted by Gasteiger charge is 2.46. The summed E-state index contributed by atoms with van der Waals surface area (Å²) >= 11 is 0. The van der Waals surface area contributed by atoms with Crippen molar-refractivity contribution in [3.05, 3.63) is 70.8 Å². The summed E-state index contributed by atoms with van der Waals surface area (Å²) < 4.78 is 0. The van der Waals surface area contributed by atoms with Crippen LogP contribution < -0.4 is 0 Å². The van der Waals surface area contributed by atoms with Crippen LogP contribution in [0.4, 0.5) is 0 Å². The van der Waals surface area contributed by atoms with Gasteiger partial charge in [0.2, 0.25) is 5.91 Å². The first-order valence-electron chi connectivity index (χ1n) is 9.86. The van der Waals surface area contributed by atoms with Crippen LogP contribution in [0.3, 0.4) is 0 Å². The Labute approximate surface area is 160 Å². The molecule has 0 bridgehead atoms. The van der Waals surface area contributed by atoms with E-state index < -0.39 is 0 Å². The maximum absolute atomic E-state index is 13.5. The second-order valence-corrected chi connectivity index (χ2v) is 7.57. The summed E-state index contributed by atoms with van der Waals surface area (Å²) in [6.07, 6.45) is 2.88. The van der Waals surface area contributed by atoms with E-state index in [0.29, 0.717) is 12.1 Å². The molecule has 140 valence electrons. The highest BCUT2D eigenvalue weighted by Crippen LogP contribution is 2.46. The summed E-state index contributed by atoms with van der Waals surface area (Å²) in [4.78, 5) is 30.5. The molecule has 0 saturated heterocycles. The molecule has 2 unspecified atom stereocenters. The van der Waals surface area contributed by atoms with E-state index in [4.69, 9.17) is 0 Å². The number of unbranched alkanes of at least 4 members (excludes halogenated alkanes) is 1. The van der Waals surface area contributed by atoms with Crippen LogP contribution in [0.5, 0.6) is 0 Å². The number of carbonyl (C=O) groups is 2. The predicted molar refractivity (Wildman–Crippen MR) is 106 cm³/mol. The van der Waals surface area contributed by atoms with Crippen molar-refractivity contribution < 1.29 is 9.59 Å². The molecule has 27 heavy (non-hydrogen) atoms. The number of amides is 2. The first-order valence-corrected chi connectivity index (χ1v) is 9.86. The van der Waals surface area contributed by atoms with Gasteiger partial charge >= 0.3 is 0 Å². The first kappa shape index (κ1) is 17.8. The fraction of sp³-hybridized carbons (Fsp3) is 0.391. The number of benzene rings is 2. The number of likely N-dealkylation sites (N-methyl/N-ethyl adjacent to an activating group) is 1. The topological polar surface area (TPSA) is 40.6 Å². The molecule has 0 spiro atoms. The fourth-order valence-electron chi connectivity index (χ4n) is 4.48. The summed E-state index contributed by atoms with van der Waals surface area (Å²) in [6.45, 7) is 3.54. The van der Waals surface area contributed by atoms with Crippen LogP contribution in [-0.4, -0.2) is 41.8 Å². The maximum atomic E-state index is 13.5. The van der Waals surface area contributed by atoms with E-state index in [9.17, 15) is 9.59 Å². The van der Waals surface area contributed by atoms with Crippen molar-refractivity contribution in [1.82, 2.24) is 9.80 Å². The van der Waals surface area contributed by atoms with Crippen molar-refractivity contribution in [2.75, 3.05) is 20.1 Å². The molecule has 2 atom stereocenters. The largest absolute Gasteiger partial charge is 0.345 e. The van der Waals surface area contributed by atoms with Crippen molar-refractivity contribution in [1.29, 1.82) is 0 Å². The summed E-state index contributed by atoms with van der Waals surface area (Å²) in [7, 11) is 1.89. The van der Waals surface area contributed by atoms with Crippen molar-refractivity contribution in [2.45, 2.75) is 38.1 Å². The van der Waals surface area contributed by atoms with Crippen LogP contribution in [-0.2, 0) is 11.2 Å². The Morgan fingerprint density at radius 3 is 2.59 bits per heavy atom. The number of fused-ring (bicyclic) bond motifs is 4. The second-order valence-electron chi connectivity index (χ2n) is 7.57. The lowest BCUT2D eigenvalue weighted by Crippen LogP contribution is -2.50. The van der Waals surface area contributed by atoms with Crippen molar-refractivity contribution in [3.8, 4) is 0 Å². The molecule has 2 aliphatic heterocycles. The van der Waals surface area contributed by atoms with Crippen LogP contribution in [0.1, 0.15) is 58.8 Å². The third kappa shape index (κ3) is 2.93. The smallest absolute Gasteiger partial charge is 0.254 e. The van der Waals surface area contributed by atoms with E-state index in [1.807, 2.05) is 53.2 Å². The van der Waals surface area contributed by atoms with E-state index in [2.05, 4.69) is 19.1 Å². The summed E-state index contributed by atoms with van der Waals surface area (Å²) in [5.74, 6) is -0.192. The molecule has 2 aromatic rings. The van der Waals surface area contributed by atoms with E-state index in [1.54, 1.807) is 0 Å². The molecule has 0 fully saturated rings. The lowest BCUT2D eigenvalue weighted by atomic mass is 9.75. The van der Waals surface area contributed by atoms with Gasteiger partial charge in [-0.1, -0.05) is 55.8 Å². The zero-order chi connectivity index (χ0) is 19.0. The third-order valence-corrected chi connectivity index (χ3v) is 5.92. The van der Waals surface area contributed by atoms with Gasteiger partial charge in [0.05, 0.1) is 12.0 Å². The highest BCUT2D eigenvalue weighted by molar-refractivity contribution is 6.01. The van der Waals surface area contributed by atoms with Crippen LogP contribution in [0.25, 0.3) is 0 Å². The number of rotatable bonds is 4. The molecule has 4 heteroatoms. The Morgan fingerprint density at radius 2 is 1.81 bits per heavy atom. The Hall–Kier alpha value is -2.62. The van der Waals surface area contributed by atoms with Gasteiger partial charge in [0.15, 0.2) is 0 Å². The van der Waals surface area contributed by atoms with E-state index in [-0.39, 0.29) is 23.8 Å². The van der Waals surface area contributed by atoms with Gasteiger partial charge in [-0.2, -0.15) is 0 Å². The fourth-order valence-corrected chi connectivity index (χ4v) is 4.48. The number of hydrogen-bond donors (Lipinski definition) is 0. The molecule has 4 rings (SSSR count). The zero-order valence-electron chi connectivity index (χ0n) is 16.0. The van der Waals surface area contributed by atoms with Gasteiger partial charge < -0.3 is 9.80 Å². The molecular weight excluding hydrogens is 336 g/mol. The van der Waals surface area contributed by atoms with Gasteiger partial charge in [-0.3, -0.25) is 9.59 Å². The summed E-state index contributed by atoms with van der Waals surface area (Å²) in [5, 5.41) is 0. The molecule has 4 nitrogen and oxygen atoms in total. The molecule has 0 aliphatic carbocycles. The number of carbonyl (C=O) groups excluding carboxylic acids is 2. The molecule has 2 aromatic carbocycles. The SMILES string of the molecule is CCCCN(C)C(=O)C1c2ccccc2C(=O)N2CCc3ccccc3C12. The van der Waals surface area contributed by atoms with E-state index in [1.165, 1.54) is 5.56 Å². The summed E-state index contributed by atoms with van der Waals surface area (Å²) in [6, 6.07) is 15.7. The van der Waals surface area contributed by atoms with Crippen molar-refractivity contribution in [2.24, 2.45) is 0 Å². The Morgan fingerprint density at radius 1 is 1.11 bits per heavy atom. The molecular formula is C23H26N2O2. The molecule has 2 aliphatic rings. The minimum absolute atomic E-state index is 0.0466. The zero-order valence-corrected chi connectivity index (χ0v) is 16.0. The Balaban J connectivity index is 1.84. The van der Waals surface area contributed by atoms with Crippen molar-refractivity contribution in [3.63, 3.8) is 0 Å². The molecule has 0 aromatic heterocycles. The standard InChI is InChI=1S/C23H26N2O2/c1-3-4-14-24(2)23(27)20-18-11-7-8-12-19(18)22(26)25-15-13-16-9-5-6-10-17(16)21(20)25/h5-12,20-21H,3-4,13-15H2,1-2H3. The third-order valence-electron chi connectivity index (χ3n) is 5.92. The second kappa shape index (κ2) is 7.18. The lowest BCUT2D eigenvalue weighted by molar-refractivity contribution is -0.133. The maximum Gasteiger partial charge on any atom is 0.254 e. The lowest BCUT2D eigenvalue weighted by Gasteiger charge is -2.46. The highest BCUT2D eigenvalue weighted by atomic mass is 16.2. The van der Waals surface area contributed by atoms with E-state index >= 15 is 0 Å². The first-order chi connectivity index (χ1) is 13.1. The van der Waals surface area contributed by atoms with Crippen LogP contribution in [0, 0.1) is 0 Å². The minimum atomic E-state index is -0.345. The van der Waals surface area contributed by atoms with Gasteiger partial charge in [0, 0.05) is 25.7 Å². The van der Waals surface area contributed by atoms with Crippen molar-refractivity contribution >= 4 is 11.8 Å². The number of hydrogen-bond acceptors (Lipinski definition) is 2. The minimum Gasteiger partial charge on any atom is -0.345 e. The average molecular weight is 362 g/mol. The average Bonchev–Trinajstić information content (AvgIpc) is 2.71. The Kier molecular flexibility index (Phi) is 4.73. The molecule has 0 N–H and O–H groups in total. The van der Waals surface area contributed by atoms with Crippen LogP contribution in [0.2, 0.25) is 0 Å². The monoisotopic (exact) mass is 362 g/mol. The van der Waals surface area contributed by atoms with Gasteiger partial charge in [0.1, 0.15) is 0 Å². The van der Waals surface area contributed by atoms with E-state index in [0.717, 1.165) is 36.9 Å². The predicted octanol–water partition coefficient (Wildman–Crippen LogP) is 3.78. The van der Waals surface area contributed by atoms with Crippen LogP contribution in [0.15, 0.2) is 48.5 Å². The molecule has 2 heterocycles. The normalized spacial score (nSPS) is 20.5. The Bertz CT molecular complexity index is 876. The van der Waals surface area contributed by atoms with Gasteiger partial charge in [-0.25, -0.2) is 0 Å². The van der Waals surface area contributed by atoms with Gasteiger partial charge in [0.25, 0.3) is 5.91 Å². The quantitative estimate of drug-likeness (QED) is 0.830. The molecule has 2 amide bonds. The van der Waals surface area contributed by atoms with Crippen LogP contribution >= 0.6 is 0 Å². The molecule has 0 saturated carbocycles.